The fraction of sp³-hybridized carbons (Fsp3) is 0.333. The first-order chi connectivity index (χ1) is 19.6. The van der Waals surface area contributed by atoms with Crippen LogP contribution in [-0.2, 0) is 26.2 Å². The zero-order valence-corrected chi connectivity index (χ0v) is 24.9. The third-order valence-corrected chi connectivity index (χ3v) is 9.69. The summed E-state index contributed by atoms with van der Waals surface area (Å²) in [5.74, 6) is -1.87. The quantitative estimate of drug-likeness (QED) is 0.277. The number of hydrogen-bond donors (Lipinski definition) is 1. The number of nitrogens with one attached hydrogen (secondary N) is 1. The van der Waals surface area contributed by atoms with Gasteiger partial charge in [0.1, 0.15) is 18.4 Å². The standard InChI is InChI=1S/C30H32Cl2FN3O4S/c1-2-27(30(38)34-21-11-6-7-12-21)35(19-23-24(31)15-10-16-25(23)32)29(37)20-36(28-18-9-8-17-26(28)33)41(39,40)22-13-4-3-5-14-22/h3-5,8-10,13-18,21,27H,2,6-7,11-12,19-20H2,1H3,(H,34,38). The number of para-hydroxylation sites is 1. The Kier molecular flexibility index (Phi) is 10.3. The molecule has 41 heavy (non-hydrogen) atoms. The van der Waals surface area contributed by atoms with Crippen molar-refractivity contribution in [1.82, 2.24) is 10.2 Å². The van der Waals surface area contributed by atoms with Gasteiger partial charge in [-0.05, 0) is 55.7 Å². The molecule has 0 heterocycles. The second-order valence-electron chi connectivity index (χ2n) is 9.91. The maximum atomic E-state index is 15.0. The Hall–Kier alpha value is -3.14. The van der Waals surface area contributed by atoms with E-state index in [0.717, 1.165) is 36.1 Å². The molecule has 11 heteroatoms. The van der Waals surface area contributed by atoms with Gasteiger partial charge in [0.2, 0.25) is 11.8 Å². The molecule has 3 aromatic rings. The zero-order valence-electron chi connectivity index (χ0n) is 22.6. The molecule has 1 saturated carbocycles. The summed E-state index contributed by atoms with van der Waals surface area (Å²) >= 11 is 12.9. The smallest absolute Gasteiger partial charge is 0.264 e. The van der Waals surface area contributed by atoms with Crippen molar-refractivity contribution in [3.05, 3.63) is 94.2 Å². The third-order valence-electron chi connectivity index (χ3n) is 7.21. The lowest BCUT2D eigenvalue weighted by molar-refractivity contribution is -0.140. The van der Waals surface area contributed by atoms with E-state index < -0.39 is 34.3 Å². The fourth-order valence-electron chi connectivity index (χ4n) is 5.03. The molecule has 0 aromatic heterocycles. The van der Waals surface area contributed by atoms with Gasteiger partial charge in [-0.15, -0.1) is 0 Å². The van der Waals surface area contributed by atoms with Gasteiger partial charge in [-0.2, -0.15) is 0 Å². The Bertz CT molecular complexity index is 1460. The molecule has 0 spiro atoms. The predicted octanol–water partition coefficient (Wildman–Crippen LogP) is 6.19. The lowest BCUT2D eigenvalue weighted by atomic mass is 10.1. The first kappa shape index (κ1) is 30.8. The van der Waals surface area contributed by atoms with E-state index in [9.17, 15) is 18.0 Å². The summed E-state index contributed by atoms with van der Waals surface area (Å²) in [6, 6.07) is 16.8. The largest absolute Gasteiger partial charge is 0.352 e. The molecule has 1 N–H and O–H groups in total. The van der Waals surface area contributed by atoms with Gasteiger partial charge in [-0.25, -0.2) is 12.8 Å². The van der Waals surface area contributed by atoms with Crippen LogP contribution in [0.15, 0.2) is 77.7 Å². The van der Waals surface area contributed by atoms with E-state index in [1.54, 1.807) is 43.3 Å². The van der Waals surface area contributed by atoms with Crippen LogP contribution >= 0.6 is 23.2 Å². The van der Waals surface area contributed by atoms with Gasteiger partial charge in [0.05, 0.1) is 10.6 Å². The second kappa shape index (κ2) is 13.7. The van der Waals surface area contributed by atoms with Crippen molar-refractivity contribution in [2.75, 3.05) is 10.8 Å². The summed E-state index contributed by atoms with van der Waals surface area (Å²) in [6.07, 6.45) is 3.96. The summed E-state index contributed by atoms with van der Waals surface area (Å²) in [5.41, 5.74) is 0.128. The number of amides is 2. The van der Waals surface area contributed by atoms with Crippen molar-refractivity contribution < 1.29 is 22.4 Å². The topological polar surface area (TPSA) is 86.8 Å². The van der Waals surface area contributed by atoms with Gasteiger partial charge < -0.3 is 10.2 Å². The van der Waals surface area contributed by atoms with E-state index in [1.807, 2.05) is 0 Å². The Balaban J connectivity index is 1.75. The lowest BCUT2D eigenvalue weighted by Crippen LogP contribution is -2.53. The van der Waals surface area contributed by atoms with Crippen molar-refractivity contribution in [2.45, 2.75) is 62.6 Å². The number of anilines is 1. The monoisotopic (exact) mass is 619 g/mol. The molecule has 1 aliphatic rings. The Morgan fingerprint density at radius 3 is 2.17 bits per heavy atom. The molecule has 7 nitrogen and oxygen atoms in total. The minimum Gasteiger partial charge on any atom is -0.352 e. The van der Waals surface area contributed by atoms with Crippen LogP contribution in [0.4, 0.5) is 10.1 Å². The number of halogens is 3. The number of benzene rings is 3. The second-order valence-corrected chi connectivity index (χ2v) is 12.6. The molecule has 0 aliphatic heterocycles. The summed E-state index contributed by atoms with van der Waals surface area (Å²) in [4.78, 5) is 28.8. The molecule has 0 bridgehead atoms. The van der Waals surface area contributed by atoms with Gasteiger partial charge in [-0.1, -0.05) is 79.4 Å². The fourth-order valence-corrected chi connectivity index (χ4v) is 6.99. The number of nitrogens with zero attached hydrogens (tertiary/aromatic N) is 2. The normalized spacial score (nSPS) is 14.4. The summed E-state index contributed by atoms with van der Waals surface area (Å²) in [5, 5.41) is 3.63. The maximum Gasteiger partial charge on any atom is 0.264 e. The summed E-state index contributed by atoms with van der Waals surface area (Å²) < 4.78 is 43.3. The number of carbonyl (C=O) groups excluding carboxylic acids is 2. The van der Waals surface area contributed by atoms with E-state index >= 15 is 4.39 Å². The molecule has 1 aliphatic carbocycles. The summed E-state index contributed by atoms with van der Waals surface area (Å²) in [7, 11) is -4.37. The number of hydrogen-bond acceptors (Lipinski definition) is 4. The molecule has 218 valence electrons. The highest BCUT2D eigenvalue weighted by Crippen LogP contribution is 2.30. The first-order valence-electron chi connectivity index (χ1n) is 13.5. The van der Waals surface area contributed by atoms with E-state index in [4.69, 9.17) is 23.2 Å². The van der Waals surface area contributed by atoms with Crippen LogP contribution in [0.1, 0.15) is 44.6 Å². The Morgan fingerprint density at radius 2 is 1.56 bits per heavy atom. The Morgan fingerprint density at radius 1 is 0.951 bits per heavy atom. The van der Waals surface area contributed by atoms with Crippen molar-refractivity contribution in [2.24, 2.45) is 0 Å². The van der Waals surface area contributed by atoms with Crippen molar-refractivity contribution in [3.8, 4) is 0 Å². The molecule has 1 unspecified atom stereocenters. The van der Waals surface area contributed by atoms with Gasteiger partial charge in [0, 0.05) is 28.2 Å². The number of carbonyl (C=O) groups is 2. The molecule has 4 rings (SSSR count). The van der Waals surface area contributed by atoms with Crippen molar-refractivity contribution in [1.29, 1.82) is 0 Å². The van der Waals surface area contributed by atoms with Crippen LogP contribution in [0, 0.1) is 5.82 Å². The van der Waals surface area contributed by atoms with Crippen LogP contribution < -0.4 is 9.62 Å². The van der Waals surface area contributed by atoms with E-state index in [0.29, 0.717) is 15.6 Å². The SMILES string of the molecule is CCC(C(=O)NC1CCCC1)N(Cc1c(Cl)cccc1Cl)C(=O)CN(c1ccccc1F)S(=O)(=O)c1ccccc1. The highest BCUT2D eigenvalue weighted by Gasteiger charge is 2.35. The molecule has 0 radical (unpaired) electrons. The van der Waals surface area contributed by atoms with Gasteiger partial charge in [0.25, 0.3) is 10.0 Å². The predicted molar refractivity (Wildman–Crippen MR) is 159 cm³/mol. The third kappa shape index (κ3) is 7.20. The highest BCUT2D eigenvalue weighted by molar-refractivity contribution is 7.92. The van der Waals surface area contributed by atoms with Crippen LogP contribution in [0.2, 0.25) is 10.0 Å². The molecular weight excluding hydrogens is 588 g/mol. The first-order valence-corrected chi connectivity index (χ1v) is 15.7. The molecule has 1 atom stereocenters. The van der Waals surface area contributed by atoms with Gasteiger partial charge in [-0.3, -0.25) is 13.9 Å². The lowest BCUT2D eigenvalue weighted by Gasteiger charge is -2.34. The number of rotatable bonds is 11. The number of sulfonamides is 1. The summed E-state index contributed by atoms with van der Waals surface area (Å²) in [6.45, 7) is 0.862. The van der Waals surface area contributed by atoms with E-state index in [1.165, 1.54) is 35.2 Å². The average Bonchev–Trinajstić information content (AvgIpc) is 3.47. The highest BCUT2D eigenvalue weighted by atomic mass is 35.5. The average molecular weight is 621 g/mol. The van der Waals surface area contributed by atoms with E-state index in [-0.39, 0.29) is 35.5 Å². The molecule has 3 aromatic carbocycles. The van der Waals surface area contributed by atoms with E-state index in [2.05, 4.69) is 5.32 Å². The molecular formula is C30H32Cl2FN3O4S. The molecule has 2 amide bonds. The van der Waals surface area contributed by atoms with Crippen LogP contribution in [0.5, 0.6) is 0 Å². The minimum absolute atomic E-state index is 0.00535. The van der Waals surface area contributed by atoms with Crippen LogP contribution in [0.25, 0.3) is 0 Å². The zero-order chi connectivity index (χ0) is 29.6. The van der Waals surface area contributed by atoms with Gasteiger partial charge >= 0.3 is 0 Å². The minimum atomic E-state index is -4.37. The van der Waals surface area contributed by atoms with Crippen LogP contribution in [-0.4, -0.2) is 43.8 Å². The van der Waals surface area contributed by atoms with Gasteiger partial charge in [0.15, 0.2) is 0 Å². The molecule has 0 saturated heterocycles. The van der Waals surface area contributed by atoms with Crippen molar-refractivity contribution in [3.63, 3.8) is 0 Å². The Labute approximate surface area is 250 Å². The molecule has 1 fully saturated rings. The van der Waals surface area contributed by atoms with Crippen LogP contribution in [0.3, 0.4) is 0 Å². The van der Waals surface area contributed by atoms with Crippen molar-refractivity contribution >= 4 is 50.7 Å². The maximum absolute atomic E-state index is 15.0.